The minimum Gasteiger partial charge on any atom is -0.459 e. The SMILES string of the molecule is O=C(c1ccco1)N1CCN(C(=O)c2csc3c2CCCC3)CC1. The second-order valence-electron chi connectivity index (χ2n) is 6.32. The highest BCUT2D eigenvalue weighted by Crippen LogP contribution is 2.31. The summed E-state index contributed by atoms with van der Waals surface area (Å²) in [5, 5.41) is 2.03. The maximum absolute atomic E-state index is 12.8. The third-order valence-electron chi connectivity index (χ3n) is 4.88. The van der Waals surface area contributed by atoms with Crippen molar-refractivity contribution in [3.63, 3.8) is 0 Å². The molecule has 1 saturated heterocycles. The Hall–Kier alpha value is -2.08. The summed E-state index contributed by atoms with van der Waals surface area (Å²) >= 11 is 1.72. The van der Waals surface area contributed by atoms with Gasteiger partial charge in [-0.2, -0.15) is 0 Å². The third-order valence-corrected chi connectivity index (χ3v) is 5.97. The molecule has 0 bridgehead atoms. The Morgan fingerprint density at radius 3 is 2.42 bits per heavy atom. The van der Waals surface area contributed by atoms with Crippen LogP contribution in [0, 0.1) is 0 Å². The summed E-state index contributed by atoms with van der Waals surface area (Å²) < 4.78 is 5.17. The lowest BCUT2D eigenvalue weighted by Crippen LogP contribution is -2.50. The molecule has 24 heavy (non-hydrogen) atoms. The Morgan fingerprint density at radius 2 is 1.71 bits per heavy atom. The van der Waals surface area contributed by atoms with Gasteiger partial charge in [0.1, 0.15) is 0 Å². The summed E-state index contributed by atoms with van der Waals surface area (Å²) in [5.74, 6) is 0.390. The molecule has 0 radical (unpaired) electrons. The second kappa shape index (κ2) is 6.43. The minimum absolute atomic E-state index is 0.0972. The molecule has 0 atom stereocenters. The van der Waals surface area contributed by atoms with Crippen LogP contribution in [0.2, 0.25) is 0 Å². The first-order valence-corrected chi connectivity index (χ1v) is 9.33. The Morgan fingerprint density at radius 1 is 1.00 bits per heavy atom. The average molecular weight is 344 g/mol. The van der Waals surface area contributed by atoms with Crippen molar-refractivity contribution in [3.8, 4) is 0 Å². The van der Waals surface area contributed by atoms with Crippen LogP contribution in [0.25, 0.3) is 0 Å². The van der Waals surface area contributed by atoms with Gasteiger partial charge in [0.05, 0.1) is 11.8 Å². The molecule has 3 heterocycles. The van der Waals surface area contributed by atoms with E-state index in [0.717, 1.165) is 18.4 Å². The molecule has 1 fully saturated rings. The molecular weight excluding hydrogens is 324 g/mol. The molecule has 1 aliphatic carbocycles. The molecule has 4 rings (SSSR count). The number of furan rings is 1. The molecule has 0 aromatic carbocycles. The summed E-state index contributed by atoms with van der Waals surface area (Å²) in [6.07, 6.45) is 6.05. The van der Waals surface area contributed by atoms with Crippen molar-refractivity contribution in [1.29, 1.82) is 0 Å². The van der Waals surface area contributed by atoms with E-state index in [4.69, 9.17) is 4.42 Å². The molecule has 0 spiro atoms. The van der Waals surface area contributed by atoms with Crippen LogP contribution in [-0.2, 0) is 12.8 Å². The molecule has 2 aromatic heterocycles. The van der Waals surface area contributed by atoms with Gasteiger partial charge in [0.2, 0.25) is 0 Å². The standard InChI is InChI=1S/C18H20N2O3S/c21-17(14-12-24-16-6-2-1-4-13(14)16)19-7-9-20(10-8-19)18(22)15-5-3-11-23-15/h3,5,11-12H,1-2,4,6-10H2. The predicted octanol–water partition coefficient (Wildman–Crippen LogP) is 2.82. The van der Waals surface area contributed by atoms with Gasteiger partial charge in [0, 0.05) is 36.4 Å². The highest BCUT2D eigenvalue weighted by Gasteiger charge is 2.29. The number of carbonyl (C=O) groups excluding carboxylic acids is 2. The van der Waals surface area contributed by atoms with Crippen molar-refractivity contribution in [3.05, 3.63) is 45.5 Å². The number of carbonyl (C=O) groups is 2. The maximum atomic E-state index is 12.8. The third kappa shape index (κ3) is 2.75. The summed E-state index contributed by atoms with van der Waals surface area (Å²) in [6, 6.07) is 3.39. The van der Waals surface area contributed by atoms with Crippen molar-refractivity contribution >= 4 is 23.2 Å². The minimum atomic E-state index is -0.0972. The van der Waals surface area contributed by atoms with Crippen molar-refractivity contribution in [2.45, 2.75) is 25.7 Å². The van der Waals surface area contributed by atoms with Gasteiger partial charge in [0.15, 0.2) is 5.76 Å². The van der Waals surface area contributed by atoms with Crippen LogP contribution in [0.15, 0.2) is 28.2 Å². The van der Waals surface area contributed by atoms with Gasteiger partial charge in [-0.25, -0.2) is 0 Å². The Labute approximate surface area is 144 Å². The van der Waals surface area contributed by atoms with Crippen LogP contribution in [0.3, 0.4) is 0 Å². The highest BCUT2D eigenvalue weighted by atomic mass is 32.1. The number of hydrogen-bond acceptors (Lipinski definition) is 4. The van der Waals surface area contributed by atoms with E-state index in [1.165, 1.54) is 29.5 Å². The van der Waals surface area contributed by atoms with E-state index in [1.807, 2.05) is 10.3 Å². The van der Waals surface area contributed by atoms with Crippen LogP contribution in [0.4, 0.5) is 0 Å². The first kappa shape index (κ1) is 15.4. The van der Waals surface area contributed by atoms with E-state index in [2.05, 4.69) is 0 Å². The molecule has 0 N–H and O–H groups in total. The van der Waals surface area contributed by atoms with Crippen LogP contribution in [0.1, 0.15) is 44.2 Å². The van der Waals surface area contributed by atoms with Gasteiger partial charge in [-0.3, -0.25) is 9.59 Å². The number of nitrogens with zero attached hydrogens (tertiary/aromatic N) is 2. The largest absolute Gasteiger partial charge is 0.459 e. The van der Waals surface area contributed by atoms with E-state index < -0.39 is 0 Å². The smallest absolute Gasteiger partial charge is 0.289 e. The van der Waals surface area contributed by atoms with Crippen molar-refractivity contribution in [2.24, 2.45) is 0 Å². The summed E-state index contributed by atoms with van der Waals surface area (Å²) in [7, 11) is 0. The first-order valence-electron chi connectivity index (χ1n) is 8.45. The maximum Gasteiger partial charge on any atom is 0.289 e. The fourth-order valence-electron chi connectivity index (χ4n) is 3.51. The number of hydrogen-bond donors (Lipinski definition) is 0. The molecule has 126 valence electrons. The number of aryl methyl sites for hydroxylation is 1. The van der Waals surface area contributed by atoms with E-state index >= 15 is 0 Å². The Bertz CT molecular complexity index is 742. The van der Waals surface area contributed by atoms with E-state index in [1.54, 1.807) is 28.4 Å². The molecule has 5 nitrogen and oxygen atoms in total. The first-order chi connectivity index (χ1) is 11.7. The summed E-state index contributed by atoms with van der Waals surface area (Å²) in [4.78, 5) is 30.2. The van der Waals surface area contributed by atoms with Crippen LogP contribution < -0.4 is 0 Å². The van der Waals surface area contributed by atoms with Crippen molar-refractivity contribution in [1.82, 2.24) is 9.80 Å². The molecule has 1 aliphatic heterocycles. The van der Waals surface area contributed by atoms with Gasteiger partial charge in [-0.15, -0.1) is 11.3 Å². The molecule has 6 heteroatoms. The zero-order valence-corrected chi connectivity index (χ0v) is 14.3. The Balaban J connectivity index is 1.41. The molecule has 2 aliphatic rings. The fraction of sp³-hybridized carbons (Fsp3) is 0.444. The lowest BCUT2D eigenvalue weighted by molar-refractivity contribution is 0.0518. The molecule has 0 saturated carbocycles. The number of fused-ring (bicyclic) bond motifs is 1. The van der Waals surface area contributed by atoms with E-state index in [9.17, 15) is 9.59 Å². The van der Waals surface area contributed by atoms with Crippen LogP contribution in [0.5, 0.6) is 0 Å². The summed E-state index contributed by atoms with van der Waals surface area (Å²) in [6.45, 7) is 2.26. The van der Waals surface area contributed by atoms with Crippen LogP contribution >= 0.6 is 11.3 Å². The number of rotatable bonds is 2. The second-order valence-corrected chi connectivity index (χ2v) is 7.28. The van der Waals surface area contributed by atoms with Gasteiger partial charge in [-0.1, -0.05) is 0 Å². The molecule has 2 aromatic rings. The average Bonchev–Trinajstić information content (AvgIpc) is 3.30. The topological polar surface area (TPSA) is 53.8 Å². The number of thiophene rings is 1. The fourth-order valence-corrected chi connectivity index (χ4v) is 4.63. The zero-order valence-electron chi connectivity index (χ0n) is 13.5. The normalized spacial score (nSPS) is 17.7. The lowest BCUT2D eigenvalue weighted by Gasteiger charge is -2.34. The predicted molar refractivity (Wildman–Crippen MR) is 91.5 cm³/mol. The summed E-state index contributed by atoms with van der Waals surface area (Å²) in [5.41, 5.74) is 2.16. The number of piperazine rings is 1. The highest BCUT2D eigenvalue weighted by molar-refractivity contribution is 7.10. The monoisotopic (exact) mass is 344 g/mol. The van der Waals surface area contributed by atoms with Gasteiger partial charge < -0.3 is 14.2 Å². The lowest BCUT2D eigenvalue weighted by atomic mass is 9.95. The van der Waals surface area contributed by atoms with E-state index in [-0.39, 0.29) is 11.8 Å². The van der Waals surface area contributed by atoms with Gasteiger partial charge in [0.25, 0.3) is 11.8 Å². The Kier molecular flexibility index (Phi) is 4.14. The zero-order chi connectivity index (χ0) is 16.5. The van der Waals surface area contributed by atoms with Gasteiger partial charge in [-0.05, 0) is 43.4 Å². The molecule has 2 amide bonds. The van der Waals surface area contributed by atoms with Crippen molar-refractivity contribution in [2.75, 3.05) is 26.2 Å². The van der Waals surface area contributed by atoms with Crippen molar-refractivity contribution < 1.29 is 14.0 Å². The van der Waals surface area contributed by atoms with E-state index in [0.29, 0.717) is 31.9 Å². The molecular formula is C18H20N2O3S. The quantitative estimate of drug-likeness (QED) is 0.842. The van der Waals surface area contributed by atoms with Crippen LogP contribution in [-0.4, -0.2) is 47.8 Å². The molecule has 0 unspecified atom stereocenters. The van der Waals surface area contributed by atoms with Gasteiger partial charge >= 0.3 is 0 Å². The number of amides is 2.